The number of rotatable bonds is 4. The Hall–Kier alpha value is -1.80. The third kappa shape index (κ3) is 2.86. The van der Waals surface area contributed by atoms with Crippen molar-refractivity contribution < 1.29 is 0 Å². The van der Waals surface area contributed by atoms with Gasteiger partial charge in [-0.2, -0.15) is 0 Å². The Bertz CT molecular complexity index is 662. The highest BCUT2D eigenvalue weighted by Crippen LogP contribution is 2.31. The van der Waals surface area contributed by atoms with Crippen LogP contribution >= 0.6 is 11.3 Å². The second-order valence-electron chi connectivity index (χ2n) is 5.31. The van der Waals surface area contributed by atoms with E-state index in [0.717, 1.165) is 6.42 Å². The fourth-order valence-electron chi connectivity index (χ4n) is 2.41. The number of hydrogen-bond donors (Lipinski definition) is 1. The van der Waals surface area contributed by atoms with Gasteiger partial charge >= 0.3 is 0 Å². The highest BCUT2D eigenvalue weighted by molar-refractivity contribution is 7.12. The minimum atomic E-state index is 0.470. The Kier molecular flexibility index (Phi) is 3.75. The maximum absolute atomic E-state index is 3.27. The molecule has 20 heavy (non-hydrogen) atoms. The van der Waals surface area contributed by atoms with E-state index in [0.29, 0.717) is 5.92 Å². The summed E-state index contributed by atoms with van der Waals surface area (Å²) in [6.07, 6.45) is 2.98. The molecular formula is C18H19NS. The zero-order chi connectivity index (χ0) is 13.9. The molecule has 0 saturated heterocycles. The quantitative estimate of drug-likeness (QED) is 0.682. The number of H-pyrrole nitrogens is 1. The summed E-state index contributed by atoms with van der Waals surface area (Å²) < 4.78 is 0. The van der Waals surface area contributed by atoms with Gasteiger partial charge in [-0.15, -0.1) is 11.3 Å². The van der Waals surface area contributed by atoms with Crippen LogP contribution in [-0.2, 0) is 6.42 Å². The van der Waals surface area contributed by atoms with Crippen LogP contribution in [0.4, 0.5) is 0 Å². The van der Waals surface area contributed by atoms with E-state index >= 15 is 0 Å². The normalized spacial score (nSPS) is 12.5. The number of nitrogens with one attached hydrogen (secondary N) is 1. The molecule has 0 aliphatic carbocycles. The Morgan fingerprint density at radius 1 is 1.05 bits per heavy atom. The first kappa shape index (κ1) is 13.2. The average molecular weight is 281 g/mol. The van der Waals surface area contributed by atoms with Gasteiger partial charge in [0, 0.05) is 34.0 Å². The van der Waals surface area contributed by atoms with Gasteiger partial charge in [-0.05, 0) is 36.8 Å². The molecule has 3 rings (SSSR count). The number of aromatic amines is 1. The van der Waals surface area contributed by atoms with Crippen LogP contribution in [0.15, 0.2) is 54.7 Å². The second-order valence-corrected chi connectivity index (χ2v) is 6.51. The molecule has 0 amide bonds. The van der Waals surface area contributed by atoms with Crippen LogP contribution in [0.1, 0.15) is 39.4 Å². The predicted molar refractivity (Wildman–Crippen MR) is 86.6 cm³/mol. The van der Waals surface area contributed by atoms with E-state index in [1.54, 1.807) is 0 Å². The fraction of sp³-hybridized carbons (Fsp3) is 0.222. The minimum Gasteiger partial charge on any atom is -0.365 e. The van der Waals surface area contributed by atoms with Gasteiger partial charge in [-0.1, -0.05) is 36.8 Å². The molecule has 0 fully saturated rings. The molecule has 0 spiro atoms. The molecule has 3 aromatic rings. The second kappa shape index (κ2) is 5.68. The number of hydrogen-bond acceptors (Lipinski definition) is 1. The number of benzene rings is 1. The Labute approximate surface area is 124 Å². The highest BCUT2D eigenvalue weighted by atomic mass is 32.1. The topological polar surface area (TPSA) is 15.8 Å². The van der Waals surface area contributed by atoms with Gasteiger partial charge in [-0.3, -0.25) is 0 Å². The monoisotopic (exact) mass is 281 g/mol. The molecule has 0 aliphatic heterocycles. The first-order chi connectivity index (χ1) is 9.72. The molecule has 0 saturated carbocycles. The maximum Gasteiger partial charge on any atom is 0.0221 e. The van der Waals surface area contributed by atoms with Gasteiger partial charge in [-0.25, -0.2) is 0 Å². The minimum absolute atomic E-state index is 0.470. The van der Waals surface area contributed by atoms with Gasteiger partial charge in [0.2, 0.25) is 0 Å². The van der Waals surface area contributed by atoms with E-state index in [4.69, 9.17) is 0 Å². The van der Waals surface area contributed by atoms with Gasteiger partial charge in [0.05, 0.1) is 0 Å². The van der Waals surface area contributed by atoms with Crippen LogP contribution in [0.25, 0.3) is 0 Å². The zero-order valence-corrected chi connectivity index (χ0v) is 12.7. The summed E-state index contributed by atoms with van der Waals surface area (Å²) in [5, 5.41) is 0. The highest BCUT2D eigenvalue weighted by Gasteiger charge is 2.11. The van der Waals surface area contributed by atoms with Gasteiger partial charge in [0.1, 0.15) is 0 Å². The van der Waals surface area contributed by atoms with Crippen molar-refractivity contribution in [2.24, 2.45) is 0 Å². The number of aryl methyl sites for hydroxylation is 1. The molecule has 2 heterocycles. The number of thiophene rings is 1. The summed E-state index contributed by atoms with van der Waals surface area (Å²) in [4.78, 5) is 6.13. The summed E-state index contributed by atoms with van der Waals surface area (Å²) in [7, 11) is 0. The lowest BCUT2D eigenvalue weighted by Crippen LogP contribution is -1.92. The first-order valence-corrected chi connectivity index (χ1v) is 7.81. The molecule has 1 unspecified atom stereocenters. The van der Waals surface area contributed by atoms with Gasteiger partial charge < -0.3 is 4.98 Å². The maximum atomic E-state index is 3.27. The van der Waals surface area contributed by atoms with E-state index in [9.17, 15) is 0 Å². The van der Waals surface area contributed by atoms with Crippen molar-refractivity contribution in [1.82, 2.24) is 4.98 Å². The molecule has 1 N–H and O–H groups in total. The van der Waals surface area contributed by atoms with Crippen LogP contribution in [0, 0.1) is 6.92 Å². The van der Waals surface area contributed by atoms with Crippen molar-refractivity contribution in [2.75, 3.05) is 0 Å². The summed E-state index contributed by atoms with van der Waals surface area (Å²) in [6, 6.07) is 17.6. The first-order valence-electron chi connectivity index (χ1n) is 7.00. The lowest BCUT2D eigenvalue weighted by molar-refractivity contribution is 0.946. The fourth-order valence-corrected chi connectivity index (χ4v) is 3.52. The Morgan fingerprint density at radius 2 is 1.85 bits per heavy atom. The Balaban J connectivity index is 1.77. The smallest absolute Gasteiger partial charge is 0.0221 e. The third-order valence-corrected chi connectivity index (χ3v) is 4.98. The molecule has 1 aromatic carbocycles. The molecule has 1 atom stereocenters. The Morgan fingerprint density at radius 3 is 2.55 bits per heavy atom. The summed E-state index contributed by atoms with van der Waals surface area (Å²) in [5.74, 6) is 0.470. The average Bonchev–Trinajstić information content (AvgIpc) is 3.11. The van der Waals surface area contributed by atoms with Gasteiger partial charge in [0.25, 0.3) is 0 Å². The molecule has 2 aromatic heterocycles. The molecule has 102 valence electrons. The summed E-state index contributed by atoms with van der Waals surface area (Å²) >= 11 is 1.92. The molecule has 2 heteroatoms. The van der Waals surface area contributed by atoms with Crippen molar-refractivity contribution in [3.05, 3.63) is 81.3 Å². The van der Waals surface area contributed by atoms with Crippen molar-refractivity contribution in [3.63, 3.8) is 0 Å². The summed E-state index contributed by atoms with van der Waals surface area (Å²) in [6.45, 7) is 4.42. The lowest BCUT2D eigenvalue weighted by Gasteiger charge is -2.10. The van der Waals surface area contributed by atoms with Gasteiger partial charge in [0.15, 0.2) is 0 Å². The van der Waals surface area contributed by atoms with E-state index < -0.39 is 0 Å². The predicted octanol–water partition coefficient (Wildman–Crippen LogP) is 5.13. The number of aromatic nitrogens is 1. The summed E-state index contributed by atoms with van der Waals surface area (Å²) in [5.41, 5.74) is 3.99. The molecular weight excluding hydrogens is 262 g/mol. The lowest BCUT2D eigenvalue weighted by atomic mass is 9.99. The standard InChI is InChI=1S/C18H19NS/c1-13-5-7-15(8-6-13)14(2)18-10-9-17(20-18)12-16-4-3-11-19-16/h3-11,14,19H,12H2,1-2H3. The third-order valence-electron chi connectivity index (χ3n) is 3.71. The van der Waals surface area contributed by atoms with Crippen molar-refractivity contribution in [3.8, 4) is 0 Å². The van der Waals surface area contributed by atoms with Crippen LogP contribution in [0.2, 0.25) is 0 Å². The van der Waals surface area contributed by atoms with E-state index in [-0.39, 0.29) is 0 Å². The van der Waals surface area contributed by atoms with Crippen molar-refractivity contribution in [2.45, 2.75) is 26.2 Å². The van der Waals surface area contributed by atoms with Crippen LogP contribution in [-0.4, -0.2) is 4.98 Å². The van der Waals surface area contributed by atoms with Crippen LogP contribution in [0.3, 0.4) is 0 Å². The molecule has 0 aliphatic rings. The van der Waals surface area contributed by atoms with Crippen molar-refractivity contribution in [1.29, 1.82) is 0 Å². The van der Waals surface area contributed by atoms with E-state index in [1.807, 2.05) is 17.5 Å². The molecule has 0 bridgehead atoms. The van der Waals surface area contributed by atoms with Crippen LogP contribution < -0.4 is 0 Å². The van der Waals surface area contributed by atoms with Crippen molar-refractivity contribution >= 4 is 11.3 Å². The molecule has 1 nitrogen and oxygen atoms in total. The van der Waals surface area contributed by atoms with Crippen LogP contribution in [0.5, 0.6) is 0 Å². The molecule has 0 radical (unpaired) electrons. The van der Waals surface area contributed by atoms with E-state index in [2.05, 4.69) is 67.4 Å². The largest absolute Gasteiger partial charge is 0.365 e. The zero-order valence-electron chi connectivity index (χ0n) is 11.9. The SMILES string of the molecule is Cc1ccc(C(C)c2ccc(Cc3ccc[nH]3)s2)cc1. The van der Waals surface area contributed by atoms with E-state index in [1.165, 1.54) is 26.6 Å².